The molecule has 0 saturated heterocycles. The van der Waals surface area contributed by atoms with Crippen LogP contribution < -0.4 is 0 Å². The zero-order valence-electron chi connectivity index (χ0n) is 5.37. The molecule has 1 aromatic carbocycles. The van der Waals surface area contributed by atoms with Gasteiger partial charge in [-0.25, -0.2) is 4.39 Å². The largest absolute Gasteiger partial charge is 0.204 e. The van der Waals surface area contributed by atoms with Crippen LogP contribution in [0, 0.1) is 5.82 Å². The van der Waals surface area contributed by atoms with E-state index in [1.807, 2.05) is 0 Å². The molecule has 0 bridgehead atoms. The summed E-state index contributed by atoms with van der Waals surface area (Å²) in [5, 5.41) is 0.742. The van der Waals surface area contributed by atoms with Gasteiger partial charge in [-0.2, -0.15) is 0 Å². The van der Waals surface area contributed by atoms with Crippen LogP contribution in [-0.2, 0) is 5.33 Å². The molecule has 0 radical (unpaired) electrons. The molecule has 0 aliphatic heterocycles. The molecule has 1 rings (SSSR count). The maximum atomic E-state index is 12.8. The van der Waals surface area contributed by atoms with Gasteiger partial charge < -0.3 is 0 Å². The molecular weight excluding hydrogens is 254 g/mol. The van der Waals surface area contributed by atoms with E-state index in [9.17, 15) is 4.39 Å². The first kappa shape index (κ1) is 9.30. The molecule has 1 aromatic rings. The van der Waals surface area contributed by atoms with E-state index in [2.05, 4.69) is 15.9 Å². The van der Waals surface area contributed by atoms with Gasteiger partial charge in [0.2, 0.25) is 0 Å². The number of hydrogen-bond donors (Lipinski definition) is 0. The van der Waals surface area contributed by atoms with Gasteiger partial charge in [0.1, 0.15) is 0 Å². The second kappa shape index (κ2) is 3.74. The standard InChI is InChI=1S/C7H4BrCl2F/c8-3-4-1-5(9)7(11)6(10)2-4/h1-2H,3H2. The van der Waals surface area contributed by atoms with E-state index in [0.29, 0.717) is 5.33 Å². The highest BCUT2D eigenvalue weighted by atomic mass is 79.9. The van der Waals surface area contributed by atoms with Crippen LogP contribution in [0.2, 0.25) is 10.0 Å². The summed E-state index contributed by atoms with van der Waals surface area (Å²) in [5.41, 5.74) is 0.862. The first-order valence-corrected chi connectivity index (χ1v) is 4.72. The molecule has 11 heavy (non-hydrogen) atoms. The second-order valence-electron chi connectivity index (χ2n) is 2.01. The molecule has 0 heterocycles. The summed E-state index contributed by atoms with van der Waals surface area (Å²) in [4.78, 5) is 0. The van der Waals surface area contributed by atoms with Gasteiger partial charge >= 0.3 is 0 Å². The summed E-state index contributed by atoms with van der Waals surface area (Å²) < 4.78 is 12.8. The Balaban J connectivity index is 3.21. The van der Waals surface area contributed by atoms with Crippen molar-refractivity contribution < 1.29 is 4.39 Å². The van der Waals surface area contributed by atoms with Crippen LogP contribution in [-0.4, -0.2) is 0 Å². The highest BCUT2D eigenvalue weighted by molar-refractivity contribution is 9.08. The summed E-state index contributed by atoms with van der Waals surface area (Å²) in [6.07, 6.45) is 0. The average Bonchev–Trinajstić information content (AvgIpc) is 1.99. The van der Waals surface area contributed by atoms with Crippen LogP contribution in [0.5, 0.6) is 0 Å². The molecule has 4 heteroatoms. The van der Waals surface area contributed by atoms with Crippen molar-refractivity contribution in [1.29, 1.82) is 0 Å². The minimum absolute atomic E-state index is 0.0620. The lowest BCUT2D eigenvalue weighted by Gasteiger charge is -1.99. The molecule has 0 spiro atoms. The van der Waals surface area contributed by atoms with Crippen LogP contribution in [0.1, 0.15) is 5.56 Å². The van der Waals surface area contributed by atoms with Gasteiger partial charge in [-0.1, -0.05) is 39.1 Å². The average molecular weight is 258 g/mol. The predicted octanol–water partition coefficient (Wildman–Crippen LogP) is 4.03. The number of alkyl halides is 1. The van der Waals surface area contributed by atoms with E-state index in [1.54, 1.807) is 0 Å². The Bertz CT molecular complexity index is 252. The van der Waals surface area contributed by atoms with Crippen molar-refractivity contribution in [1.82, 2.24) is 0 Å². The monoisotopic (exact) mass is 256 g/mol. The quantitative estimate of drug-likeness (QED) is 0.527. The molecule has 0 amide bonds. The Labute approximate surface area is 82.4 Å². The SMILES string of the molecule is Fc1c(Cl)cc(CBr)cc1Cl. The van der Waals surface area contributed by atoms with Crippen LogP contribution in [0.4, 0.5) is 4.39 Å². The van der Waals surface area contributed by atoms with Gasteiger partial charge in [0, 0.05) is 5.33 Å². The summed E-state index contributed by atoms with van der Waals surface area (Å²) in [6.45, 7) is 0. The topological polar surface area (TPSA) is 0 Å². The van der Waals surface area contributed by atoms with Gasteiger partial charge in [-0.3, -0.25) is 0 Å². The van der Waals surface area contributed by atoms with Gasteiger partial charge in [-0.15, -0.1) is 0 Å². The lowest BCUT2D eigenvalue weighted by molar-refractivity contribution is 0.628. The minimum atomic E-state index is -0.557. The number of halogens is 4. The van der Waals surface area contributed by atoms with E-state index in [0.717, 1.165) is 5.56 Å². The zero-order chi connectivity index (χ0) is 8.43. The molecule has 0 N–H and O–H groups in total. The molecule has 0 nitrogen and oxygen atoms in total. The van der Waals surface area contributed by atoms with Gasteiger partial charge in [-0.05, 0) is 17.7 Å². The Morgan fingerprint density at radius 3 is 2.09 bits per heavy atom. The lowest BCUT2D eigenvalue weighted by Crippen LogP contribution is -1.83. The van der Waals surface area contributed by atoms with E-state index in [-0.39, 0.29) is 10.0 Å². The van der Waals surface area contributed by atoms with Crippen molar-refractivity contribution in [3.63, 3.8) is 0 Å². The van der Waals surface area contributed by atoms with Gasteiger partial charge in [0.15, 0.2) is 5.82 Å². The minimum Gasteiger partial charge on any atom is -0.204 e. The molecule has 0 aliphatic rings. The highest BCUT2D eigenvalue weighted by Crippen LogP contribution is 2.25. The third kappa shape index (κ3) is 2.08. The molecule has 0 unspecified atom stereocenters. The molecule has 60 valence electrons. The Morgan fingerprint density at radius 2 is 1.73 bits per heavy atom. The van der Waals surface area contributed by atoms with Crippen molar-refractivity contribution in [2.75, 3.05) is 0 Å². The van der Waals surface area contributed by atoms with Crippen LogP contribution >= 0.6 is 39.1 Å². The Kier molecular flexibility index (Phi) is 3.16. The fourth-order valence-corrected chi connectivity index (χ4v) is 1.54. The van der Waals surface area contributed by atoms with Crippen LogP contribution in [0.3, 0.4) is 0 Å². The van der Waals surface area contributed by atoms with Gasteiger partial charge in [0.05, 0.1) is 10.0 Å². The van der Waals surface area contributed by atoms with E-state index < -0.39 is 5.82 Å². The third-order valence-corrected chi connectivity index (χ3v) is 2.40. The summed E-state index contributed by atoms with van der Waals surface area (Å²) >= 11 is 14.2. The highest BCUT2D eigenvalue weighted by Gasteiger charge is 2.05. The zero-order valence-corrected chi connectivity index (χ0v) is 8.47. The molecule has 0 aliphatic carbocycles. The third-order valence-electron chi connectivity index (χ3n) is 1.20. The van der Waals surface area contributed by atoms with Crippen molar-refractivity contribution in [2.24, 2.45) is 0 Å². The molecule has 0 atom stereocenters. The lowest BCUT2D eigenvalue weighted by atomic mass is 10.2. The van der Waals surface area contributed by atoms with Crippen molar-refractivity contribution in [2.45, 2.75) is 5.33 Å². The summed E-state index contributed by atoms with van der Waals surface area (Å²) in [7, 11) is 0. The smallest absolute Gasteiger partial charge is 0.160 e. The van der Waals surface area contributed by atoms with E-state index in [1.165, 1.54) is 12.1 Å². The number of rotatable bonds is 1. The van der Waals surface area contributed by atoms with E-state index in [4.69, 9.17) is 23.2 Å². The van der Waals surface area contributed by atoms with E-state index >= 15 is 0 Å². The number of hydrogen-bond acceptors (Lipinski definition) is 0. The Morgan fingerprint density at radius 1 is 1.27 bits per heavy atom. The van der Waals surface area contributed by atoms with Crippen LogP contribution in [0.15, 0.2) is 12.1 Å². The normalized spacial score (nSPS) is 10.2. The number of benzene rings is 1. The van der Waals surface area contributed by atoms with Crippen molar-refractivity contribution in [3.8, 4) is 0 Å². The molecular formula is C7H4BrCl2F. The molecule has 0 saturated carbocycles. The molecule has 0 fully saturated rings. The maximum absolute atomic E-state index is 12.8. The van der Waals surface area contributed by atoms with Crippen molar-refractivity contribution in [3.05, 3.63) is 33.6 Å². The summed E-state index contributed by atoms with van der Waals surface area (Å²) in [6, 6.07) is 3.08. The first-order chi connectivity index (χ1) is 5.15. The Hall–Kier alpha value is 0.210. The van der Waals surface area contributed by atoms with Gasteiger partial charge in [0.25, 0.3) is 0 Å². The fraction of sp³-hybridized carbons (Fsp3) is 0.143. The van der Waals surface area contributed by atoms with Crippen molar-refractivity contribution >= 4 is 39.1 Å². The fourth-order valence-electron chi connectivity index (χ4n) is 0.685. The summed E-state index contributed by atoms with van der Waals surface area (Å²) in [5.74, 6) is -0.557. The first-order valence-electron chi connectivity index (χ1n) is 2.84. The molecule has 0 aromatic heterocycles. The van der Waals surface area contributed by atoms with Crippen LogP contribution in [0.25, 0.3) is 0 Å². The maximum Gasteiger partial charge on any atom is 0.160 e. The predicted molar refractivity (Wildman–Crippen MR) is 49.1 cm³/mol. The second-order valence-corrected chi connectivity index (χ2v) is 3.38.